The molecular weight excluding hydrogens is 390 g/mol. The molecule has 0 bridgehead atoms. The lowest BCUT2D eigenvalue weighted by atomic mass is 10.1. The highest BCUT2D eigenvalue weighted by Gasteiger charge is 2.33. The first kappa shape index (κ1) is 19.4. The van der Waals surface area contributed by atoms with Gasteiger partial charge in [0.15, 0.2) is 12.2 Å². The number of carbonyl (C=O) groups is 1. The number of ether oxygens (including phenoxy) is 1. The lowest BCUT2D eigenvalue weighted by molar-refractivity contribution is -0.138. The van der Waals surface area contributed by atoms with Crippen LogP contribution in [0.2, 0.25) is 0 Å². The maximum atomic E-state index is 11.5. The Morgan fingerprint density at radius 3 is 2.83 bits per heavy atom. The van der Waals surface area contributed by atoms with Crippen LogP contribution in [0.5, 0.6) is 5.75 Å². The average Bonchev–Trinajstić information content (AvgIpc) is 3.45. The normalized spacial score (nSPS) is 15.8. The monoisotopic (exact) mass is 411 g/mol. The SMILES string of the molecule is CNc1nc(Nc2ccc(-c3cnco3)c(OC)c2)nc(N2CCC[C@H]2C(=O)O)n1. The van der Waals surface area contributed by atoms with Crippen LogP contribution in [0.15, 0.2) is 35.2 Å². The third kappa shape index (κ3) is 3.81. The van der Waals surface area contributed by atoms with Gasteiger partial charge in [-0.15, -0.1) is 0 Å². The fraction of sp³-hybridized carbons (Fsp3) is 0.316. The van der Waals surface area contributed by atoms with Gasteiger partial charge in [0.2, 0.25) is 17.8 Å². The van der Waals surface area contributed by atoms with Crippen LogP contribution in [-0.4, -0.2) is 57.8 Å². The van der Waals surface area contributed by atoms with E-state index in [-0.39, 0.29) is 5.95 Å². The number of aromatic nitrogens is 4. The lowest BCUT2D eigenvalue weighted by Crippen LogP contribution is -2.37. The first-order valence-electron chi connectivity index (χ1n) is 9.36. The van der Waals surface area contributed by atoms with Crippen molar-refractivity contribution >= 4 is 29.5 Å². The minimum Gasteiger partial charge on any atom is -0.496 e. The van der Waals surface area contributed by atoms with Crippen molar-refractivity contribution in [1.29, 1.82) is 0 Å². The highest BCUT2D eigenvalue weighted by molar-refractivity contribution is 5.78. The van der Waals surface area contributed by atoms with Gasteiger partial charge in [0.1, 0.15) is 11.8 Å². The molecule has 0 saturated carbocycles. The number of aliphatic carboxylic acids is 1. The zero-order chi connectivity index (χ0) is 21.1. The molecule has 0 aliphatic carbocycles. The first-order chi connectivity index (χ1) is 14.6. The van der Waals surface area contributed by atoms with Gasteiger partial charge in [0, 0.05) is 25.3 Å². The Morgan fingerprint density at radius 2 is 2.13 bits per heavy atom. The molecule has 2 aromatic heterocycles. The molecule has 3 aromatic rings. The van der Waals surface area contributed by atoms with E-state index in [1.165, 1.54) is 6.39 Å². The van der Waals surface area contributed by atoms with Crippen LogP contribution in [0, 0.1) is 0 Å². The molecular formula is C19H21N7O4. The summed E-state index contributed by atoms with van der Waals surface area (Å²) in [7, 11) is 3.26. The topological polar surface area (TPSA) is 139 Å². The highest BCUT2D eigenvalue weighted by Crippen LogP contribution is 2.33. The number of methoxy groups -OCH3 is 1. The van der Waals surface area contributed by atoms with E-state index in [9.17, 15) is 9.90 Å². The fourth-order valence-electron chi connectivity index (χ4n) is 3.37. The van der Waals surface area contributed by atoms with E-state index in [0.29, 0.717) is 42.1 Å². The van der Waals surface area contributed by atoms with Gasteiger partial charge in [-0.05, 0) is 25.0 Å². The number of carboxylic acid groups (broad SMARTS) is 1. The van der Waals surface area contributed by atoms with Gasteiger partial charge >= 0.3 is 5.97 Å². The molecule has 11 nitrogen and oxygen atoms in total. The summed E-state index contributed by atoms with van der Waals surface area (Å²) in [6, 6.07) is 4.81. The second kappa shape index (κ2) is 8.23. The van der Waals surface area contributed by atoms with E-state index in [4.69, 9.17) is 9.15 Å². The number of rotatable bonds is 7. The summed E-state index contributed by atoms with van der Waals surface area (Å²) in [5.74, 6) is 1.23. The number of hydrogen-bond donors (Lipinski definition) is 3. The maximum Gasteiger partial charge on any atom is 0.326 e. The molecule has 1 aliphatic heterocycles. The minimum atomic E-state index is -0.888. The average molecular weight is 411 g/mol. The quantitative estimate of drug-likeness (QED) is 0.528. The number of nitrogens with one attached hydrogen (secondary N) is 2. The van der Waals surface area contributed by atoms with Crippen molar-refractivity contribution in [3.63, 3.8) is 0 Å². The van der Waals surface area contributed by atoms with Gasteiger partial charge in [-0.25, -0.2) is 9.78 Å². The number of carboxylic acids is 1. The molecule has 156 valence electrons. The molecule has 1 atom stereocenters. The lowest BCUT2D eigenvalue weighted by Gasteiger charge is -2.22. The Hall–Kier alpha value is -3.89. The summed E-state index contributed by atoms with van der Waals surface area (Å²) in [4.78, 5) is 30.3. The number of hydrogen-bond acceptors (Lipinski definition) is 10. The van der Waals surface area contributed by atoms with Crippen molar-refractivity contribution in [3.05, 3.63) is 30.8 Å². The largest absolute Gasteiger partial charge is 0.496 e. The van der Waals surface area contributed by atoms with Crippen molar-refractivity contribution in [1.82, 2.24) is 19.9 Å². The van der Waals surface area contributed by atoms with Crippen LogP contribution in [0.25, 0.3) is 11.3 Å². The Labute approximate surface area is 172 Å². The molecule has 1 aliphatic rings. The second-order valence-corrected chi connectivity index (χ2v) is 6.63. The van der Waals surface area contributed by atoms with Gasteiger partial charge in [0.05, 0.1) is 18.9 Å². The Morgan fingerprint density at radius 1 is 1.30 bits per heavy atom. The summed E-state index contributed by atoms with van der Waals surface area (Å²) in [6.07, 6.45) is 4.28. The Bertz CT molecular complexity index is 1040. The number of anilines is 4. The van der Waals surface area contributed by atoms with Gasteiger partial charge in [-0.3, -0.25) is 0 Å². The van der Waals surface area contributed by atoms with Gasteiger partial charge in [-0.1, -0.05) is 0 Å². The van der Waals surface area contributed by atoms with Gasteiger partial charge < -0.3 is 29.8 Å². The third-order valence-corrected chi connectivity index (χ3v) is 4.80. The van der Waals surface area contributed by atoms with Crippen LogP contribution in [0.3, 0.4) is 0 Å². The fourth-order valence-corrected chi connectivity index (χ4v) is 3.37. The molecule has 0 spiro atoms. The predicted octanol–water partition coefficient (Wildman–Crippen LogP) is 2.37. The smallest absolute Gasteiger partial charge is 0.326 e. The Kier molecular flexibility index (Phi) is 5.33. The summed E-state index contributed by atoms with van der Waals surface area (Å²) in [5.41, 5.74) is 1.44. The van der Waals surface area contributed by atoms with Crippen LogP contribution in [-0.2, 0) is 4.79 Å². The van der Waals surface area contributed by atoms with Gasteiger partial charge in [-0.2, -0.15) is 15.0 Å². The molecule has 1 fully saturated rings. The highest BCUT2D eigenvalue weighted by atomic mass is 16.5. The van der Waals surface area contributed by atoms with Crippen LogP contribution in [0.1, 0.15) is 12.8 Å². The van der Waals surface area contributed by atoms with Crippen molar-refractivity contribution in [3.8, 4) is 17.1 Å². The first-order valence-corrected chi connectivity index (χ1v) is 9.36. The van der Waals surface area contributed by atoms with E-state index in [0.717, 1.165) is 12.0 Å². The zero-order valence-corrected chi connectivity index (χ0v) is 16.5. The molecule has 11 heteroatoms. The summed E-state index contributed by atoms with van der Waals surface area (Å²) in [6.45, 7) is 0.573. The number of nitrogens with zero attached hydrogens (tertiary/aromatic N) is 5. The Balaban J connectivity index is 1.64. The van der Waals surface area contributed by atoms with Crippen molar-refractivity contribution in [2.75, 3.05) is 36.2 Å². The molecule has 3 N–H and O–H groups in total. The van der Waals surface area contributed by atoms with Crippen LogP contribution < -0.4 is 20.3 Å². The van der Waals surface area contributed by atoms with Crippen LogP contribution in [0.4, 0.5) is 23.5 Å². The summed E-state index contributed by atoms with van der Waals surface area (Å²) >= 11 is 0. The van der Waals surface area contributed by atoms with E-state index >= 15 is 0 Å². The summed E-state index contributed by atoms with van der Waals surface area (Å²) < 4.78 is 10.8. The minimum absolute atomic E-state index is 0.287. The molecule has 1 saturated heterocycles. The molecule has 0 radical (unpaired) electrons. The zero-order valence-electron chi connectivity index (χ0n) is 16.5. The number of benzene rings is 1. The number of oxazole rings is 1. The van der Waals surface area contributed by atoms with E-state index in [2.05, 4.69) is 30.6 Å². The molecule has 1 aromatic carbocycles. The van der Waals surface area contributed by atoms with E-state index in [1.807, 2.05) is 12.1 Å². The maximum absolute atomic E-state index is 11.5. The standard InChI is InChI=1S/C19H21N7O4/c1-20-17-23-18(25-19(24-17)26-7-3-4-13(26)16(27)28)22-11-5-6-12(14(8-11)29-2)15-9-21-10-30-15/h5-6,8-10,13H,3-4,7H2,1-2H3,(H,27,28)(H2,20,22,23,24,25)/t13-/m0/s1. The molecule has 30 heavy (non-hydrogen) atoms. The van der Waals surface area contributed by atoms with E-state index in [1.54, 1.807) is 31.3 Å². The van der Waals surface area contributed by atoms with Crippen molar-refractivity contribution < 1.29 is 19.1 Å². The summed E-state index contributed by atoms with van der Waals surface area (Å²) in [5, 5.41) is 15.5. The van der Waals surface area contributed by atoms with E-state index < -0.39 is 12.0 Å². The predicted molar refractivity (Wildman–Crippen MR) is 109 cm³/mol. The molecule has 0 amide bonds. The third-order valence-electron chi connectivity index (χ3n) is 4.80. The molecule has 3 heterocycles. The second-order valence-electron chi connectivity index (χ2n) is 6.63. The van der Waals surface area contributed by atoms with Crippen molar-refractivity contribution in [2.24, 2.45) is 0 Å². The van der Waals surface area contributed by atoms with Crippen molar-refractivity contribution in [2.45, 2.75) is 18.9 Å². The van der Waals surface area contributed by atoms with Gasteiger partial charge in [0.25, 0.3) is 0 Å². The van der Waals surface area contributed by atoms with Crippen LogP contribution >= 0.6 is 0 Å². The molecule has 4 rings (SSSR count). The molecule has 0 unspecified atom stereocenters.